The van der Waals surface area contributed by atoms with E-state index < -0.39 is 54.4 Å². The number of pyridine rings is 3. The Morgan fingerprint density at radius 1 is 0.411 bits per heavy atom. The summed E-state index contributed by atoms with van der Waals surface area (Å²) in [5, 5.41) is 47.7. The Hall–Kier alpha value is -11.4. The first-order chi connectivity index (χ1) is 50.9. The minimum absolute atomic E-state index is 0. The Balaban J connectivity index is 0.000000150. The van der Waals surface area contributed by atoms with Gasteiger partial charge in [0.05, 0.1) is 121 Å². The molecule has 20 nitrogen and oxygen atoms in total. The highest BCUT2D eigenvalue weighted by Crippen LogP contribution is 2.43. The smallest absolute Gasteiger partial charge is 0.194 e. The molecule has 9 aromatic rings. The van der Waals surface area contributed by atoms with E-state index in [-0.39, 0.29) is 41.0 Å². The number of aromatic nitrogens is 15. The molecule has 0 aliphatic carbocycles. The van der Waals surface area contributed by atoms with E-state index in [0.29, 0.717) is 78.5 Å². The molecule has 0 unspecified atom stereocenters. The first-order valence-electron chi connectivity index (χ1n) is 32.7. The second-order valence-corrected chi connectivity index (χ2v) is 26.3. The van der Waals surface area contributed by atoms with Crippen molar-refractivity contribution >= 4 is 34.8 Å². The number of fused-ring (bicyclic) bond motifs is 3. The highest BCUT2D eigenvalue weighted by atomic mass is 35.5. The van der Waals surface area contributed by atoms with Crippen LogP contribution in [-0.2, 0) is 0 Å². The molecule has 0 bridgehead atoms. The van der Waals surface area contributed by atoms with Crippen LogP contribution in [0.4, 0.5) is 26.3 Å². The lowest BCUT2D eigenvalue weighted by Gasteiger charge is -2.22. The summed E-state index contributed by atoms with van der Waals surface area (Å²) in [6.45, 7) is 9.96. The van der Waals surface area contributed by atoms with E-state index in [1.54, 1.807) is 75.5 Å². The van der Waals surface area contributed by atoms with Crippen LogP contribution in [0, 0.1) is 69.5 Å². The molecule has 6 aliphatic rings. The van der Waals surface area contributed by atoms with Crippen LogP contribution >= 0.6 is 34.8 Å². The Labute approximate surface area is 625 Å². The Bertz CT molecular complexity index is 5360. The van der Waals surface area contributed by atoms with Crippen LogP contribution in [0.3, 0.4) is 0 Å². The molecule has 107 heavy (non-hydrogen) atoms. The summed E-state index contributed by atoms with van der Waals surface area (Å²) in [4.78, 5) is 12.8. The van der Waals surface area contributed by atoms with Crippen LogP contribution in [0.15, 0.2) is 171 Å². The number of halogens is 9. The molecule has 0 radical (unpaired) electrons. The number of nitrogens with zero attached hydrogens (tertiary/aromatic N) is 15. The lowest BCUT2D eigenvalue weighted by molar-refractivity contribution is 0.248. The summed E-state index contributed by atoms with van der Waals surface area (Å²) < 4.78 is 111. The van der Waals surface area contributed by atoms with E-state index in [9.17, 15) is 36.6 Å². The summed E-state index contributed by atoms with van der Waals surface area (Å²) >= 11 is 19.3. The highest BCUT2D eigenvalue weighted by molar-refractivity contribution is 6.31. The number of rotatable bonds is 17. The van der Waals surface area contributed by atoms with Gasteiger partial charge in [0.25, 0.3) is 0 Å². The zero-order chi connectivity index (χ0) is 75.1. The fraction of sp³-hybridized carbons (Fsp3) is 0.192. The summed E-state index contributed by atoms with van der Waals surface area (Å²) in [7, 11) is 4.77. The molecule has 0 amide bonds. The van der Waals surface area contributed by atoms with E-state index in [4.69, 9.17) is 49.0 Å². The number of hydrogen-bond donors (Lipinski definition) is 2. The van der Waals surface area contributed by atoms with E-state index in [0.717, 1.165) is 74.1 Å². The number of methoxy groups -OCH3 is 3. The first-order valence-corrected chi connectivity index (χ1v) is 33.9. The van der Waals surface area contributed by atoms with Gasteiger partial charge in [-0.2, -0.15) is 0 Å². The summed E-state index contributed by atoms with van der Waals surface area (Å²) in [6, 6.07) is 29.3. The maximum Gasteiger partial charge on any atom is 0.194 e. The standard InChI is InChI=1S/C26H22ClF2N5O2.C26H23ClFN5O.C25H19ClF3N5O2.CH4/c1-14-10-33(13-30-14)22-5-4-16(8-24(22)36-3)25-19-9-18(27)11-34(26(19)32-31-25)23(12-35)17-6-20(28)15(2)21(29)7-17;1-15-7-19(9-21(28)8-15)17(3)33-13-20(27)11-22-25(30-31-26(22)33)18-5-6-23(24(10-18)34-4)32-12-16(2)29-14-32;1-13-9-33(12-30-13)20-4-3-14(7-22(20)36-2)24-17-8-16(26)10-34(25(17)32-31-24)21(11-35)15-5-18(27)23(29)19(28)6-15;/h4-11,13,23,35H,12H2,1-3H3;5-14,17H,1-4H3;3-10,12,21,35H,11H2,1-2H3;1H4/t23-;17-;21-;/m001./s1. The number of imidazole rings is 3. The quantitative estimate of drug-likeness (QED) is 0.0641. The van der Waals surface area contributed by atoms with Gasteiger partial charge in [-0.3, -0.25) is 0 Å². The van der Waals surface area contributed by atoms with Gasteiger partial charge in [0.15, 0.2) is 34.9 Å². The monoisotopic (exact) mass is 1510 g/mol. The summed E-state index contributed by atoms with van der Waals surface area (Å²) in [5.41, 5.74) is 12.9. The third-order valence-corrected chi connectivity index (χ3v) is 18.6. The van der Waals surface area contributed by atoms with Gasteiger partial charge >= 0.3 is 0 Å². The van der Waals surface area contributed by atoms with Gasteiger partial charge in [-0.1, -0.05) is 66.5 Å². The van der Waals surface area contributed by atoms with Gasteiger partial charge in [-0.25, -0.2) is 41.3 Å². The summed E-state index contributed by atoms with van der Waals surface area (Å²) in [5.74, 6) is -2.73. The number of ether oxygens (including phenoxy) is 3. The second kappa shape index (κ2) is 31.3. The maximum atomic E-state index is 14.3. The van der Waals surface area contributed by atoms with E-state index in [1.165, 1.54) is 42.0 Å². The normalized spacial score (nSPS) is 12.2. The van der Waals surface area contributed by atoms with Crippen molar-refractivity contribution in [2.75, 3.05) is 34.5 Å². The van der Waals surface area contributed by atoms with Gasteiger partial charge in [0, 0.05) is 76.1 Å². The van der Waals surface area contributed by atoms with Crippen molar-refractivity contribution in [2.45, 2.75) is 67.1 Å². The average Bonchev–Trinajstić information content (AvgIpc) is 1.67. The van der Waals surface area contributed by atoms with Gasteiger partial charge in [-0.15, -0.1) is 30.6 Å². The molecule has 6 aliphatic heterocycles. The fourth-order valence-electron chi connectivity index (χ4n) is 12.7. The molecule has 29 heteroatoms. The molecule has 15 rings (SSSR count). The highest BCUT2D eigenvalue weighted by Gasteiger charge is 2.30. The minimum Gasteiger partial charge on any atom is -0.495 e. The van der Waals surface area contributed by atoms with E-state index >= 15 is 0 Å². The largest absolute Gasteiger partial charge is 0.495 e. The lowest BCUT2D eigenvalue weighted by Crippen LogP contribution is -2.18. The third-order valence-electron chi connectivity index (χ3n) is 18.0. The van der Waals surface area contributed by atoms with Gasteiger partial charge < -0.3 is 51.8 Å². The topological polar surface area (TPSA) is 214 Å². The first kappa shape index (κ1) is 75.3. The molecule has 0 saturated heterocycles. The van der Waals surface area contributed by atoms with Crippen molar-refractivity contribution in [2.24, 2.45) is 0 Å². The van der Waals surface area contributed by atoms with Gasteiger partial charge in [-0.05, 0) is 155 Å². The number of aliphatic hydroxyl groups excluding tert-OH is 2. The average molecular weight is 1520 g/mol. The predicted octanol–water partition coefficient (Wildman–Crippen LogP) is 17.5. The SMILES string of the molecule is C.COc1cc(-c2nnc3n([C@@H](C)c4cc(C)cc(F)c4)cc(Cl)cc2-3)ccc1-n1cnc(C)c1.COc1cc(-c2nnc3n([C@@H](CO)c4cc(F)c(C)c(F)c4)cc(Cl)cc2-3)ccc1-n1cnc(C)c1.COc1cc(-c2nnc3n([C@H](CO)c4cc(F)c(F)c(F)c4)cc(Cl)cc2-3)ccc1-n1cnc(C)c1. The predicted molar refractivity (Wildman–Crippen MR) is 396 cm³/mol. The molecular weight excluding hydrogens is 1450 g/mol. The number of aliphatic hydroxyl groups is 2. The van der Waals surface area contributed by atoms with Crippen molar-refractivity contribution in [1.82, 2.24) is 72.9 Å². The van der Waals surface area contributed by atoms with Crippen molar-refractivity contribution < 1.29 is 50.8 Å². The summed E-state index contributed by atoms with van der Waals surface area (Å²) in [6.07, 6.45) is 15.7. The molecule has 3 atom stereocenters. The Kier molecular flexibility index (Phi) is 22.0. The van der Waals surface area contributed by atoms with Crippen LogP contribution in [0.1, 0.15) is 77.4 Å². The fourth-order valence-corrected chi connectivity index (χ4v) is 13.3. The van der Waals surface area contributed by atoms with Crippen molar-refractivity contribution in [3.05, 3.63) is 266 Å². The van der Waals surface area contributed by atoms with Gasteiger partial charge in [0.2, 0.25) is 0 Å². The number of hydrogen-bond acceptors (Lipinski definition) is 14. The molecule has 0 saturated carbocycles. The molecule has 6 aromatic carbocycles. The van der Waals surface area contributed by atoms with Crippen LogP contribution in [0.5, 0.6) is 17.2 Å². The van der Waals surface area contributed by atoms with E-state index in [1.807, 2.05) is 132 Å². The van der Waals surface area contributed by atoms with Crippen molar-refractivity contribution in [1.29, 1.82) is 0 Å². The van der Waals surface area contributed by atoms with Crippen LogP contribution in [0.25, 0.3) is 85.0 Å². The maximum absolute atomic E-state index is 14.3. The number of benzene rings is 6. The zero-order valence-electron chi connectivity index (χ0n) is 58.0. The van der Waals surface area contributed by atoms with Crippen LogP contribution in [0.2, 0.25) is 15.1 Å². The van der Waals surface area contributed by atoms with Crippen LogP contribution < -0.4 is 14.2 Å². The van der Waals surface area contributed by atoms with E-state index in [2.05, 4.69) is 45.5 Å². The molecule has 0 spiro atoms. The lowest BCUT2D eigenvalue weighted by atomic mass is 10.0. The molecule has 3 aromatic heterocycles. The molecule has 9 heterocycles. The Morgan fingerprint density at radius 2 is 0.757 bits per heavy atom. The van der Waals surface area contributed by atoms with Crippen LogP contribution in [-0.4, -0.2) is 118 Å². The van der Waals surface area contributed by atoms with Crippen molar-refractivity contribution in [3.8, 4) is 102 Å². The molecule has 2 N–H and O–H groups in total. The van der Waals surface area contributed by atoms with Crippen molar-refractivity contribution in [3.63, 3.8) is 0 Å². The molecule has 548 valence electrons. The second-order valence-electron chi connectivity index (χ2n) is 25.0. The number of aryl methyl sites for hydroxylation is 4. The minimum atomic E-state index is -1.59. The van der Waals surface area contributed by atoms with Gasteiger partial charge in [0.1, 0.15) is 51.8 Å². The molecular formula is C78H68Cl3F6N15O5. The zero-order valence-corrected chi connectivity index (χ0v) is 60.3. The molecule has 0 fully saturated rings. The Morgan fingerprint density at radius 3 is 1.08 bits per heavy atom. The third kappa shape index (κ3) is 15.1.